The number of anilines is 1. The Morgan fingerprint density at radius 3 is 2.48 bits per heavy atom. The van der Waals surface area contributed by atoms with Gasteiger partial charge in [0.1, 0.15) is 12.4 Å². The van der Waals surface area contributed by atoms with E-state index >= 15 is 0 Å². The van der Waals surface area contributed by atoms with Crippen molar-refractivity contribution in [2.45, 2.75) is 26.8 Å². The highest BCUT2D eigenvalue weighted by Gasteiger charge is 2.23. The number of aryl methyl sites for hydroxylation is 2. The van der Waals surface area contributed by atoms with Crippen molar-refractivity contribution in [1.82, 2.24) is 5.32 Å². The lowest BCUT2D eigenvalue weighted by Gasteiger charge is -2.24. The molecule has 0 unspecified atom stereocenters. The molecule has 0 spiro atoms. The first-order valence-corrected chi connectivity index (χ1v) is 10.5. The number of hydrogen-bond donors (Lipinski definition) is 1. The molecule has 27 heavy (non-hydrogen) atoms. The summed E-state index contributed by atoms with van der Waals surface area (Å²) in [5.74, 6) is -1.14. The summed E-state index contributed by atoms with van der Waals surface area (Å²) in [7, 11) is -3.77. The third-order valence-corrected chi connectivity index (χ3v) is 5.59. The van der Waals surface area contributed by atoms with E-state index in [1.807, 2.05) is 39.0 Å². The molecule has 0 fully saturated rings. The smallest absolute Gasteiger partial charge is 0.241 e. The Bertz CT molecular complexity index is 963. The van der Waals surface area contributed by atoms with E-state index in [2.05, 4.69) is 5.32 Å². The van der Waals surface area contributed by atoms with Crippen molar-refractivity contribution in [1.29, 1.82) is 0 Å². The highest BCUT2D eigenvalue weighted by molar-refractivity contribution is 7.92. The number of sulfonamides is 1. The first kappa shape index (κ1) is 21.2. The van der Waals surface area contributed by atoms with Crippen LogP contribution in [0.4, 0.5) is 10.1 Å². The second-order valence-electron chi connectivity index (χ2n) is 6.52. The van der Waals surface area contributed by atoms with Crippen molar-refractivity contribution >= 4 is 33.2 Å². The third kappa shape index (κ3) is 5.43. The fraction of sp³-hybridized carbons (Fsp3) is 0.316. The molecule has 2 aromatic carbocycles. The van der Waals surface area contributed by atoms with E-state index in [0.717, 1.165) is 33.3 Å². The summed E-state index contributed by atoms with van der Waals surface area (Å²) in [6, 6.07) is 9.15. The minimum atomic E-state index is -3.77. The van der Waals surface area contributed by atoms with Gasteiger partial charge in [0, 0.05) is 0 Å². The summed E-state index contributed by atoms with van der Waals surface area (Å²) in [5, 5.41) is 2.59. The summed E-state index contributed by atoms with van der Waals surface area (Å²) in [5.41, 5.74) is 3.17. The largest absolute Gasteiger partial charge is 0.348 e. The van der Waals surface area contributed by atoms with E-state index in [1.165, 1.54) is 12.1 Å². The zero-order valence-corrected chi connectivity index (χ0v) is 17.2. The van der Waals surface area contributed by atoms with Gasteiger partial charge in [-0.05, 0) is 50.1 Å². The van der Waals surface area contributed by atoms with E-state index in [0.29, 0.717) is 0 Å². The number of hydrogen-bond acceptors (Lipinski definition) is 3. The molecule has 0 radical (unpaired) electrons. The Kier molecular flexibility index (Phi) is 6.49. The van der Waals surface area contributed by atoms with Crippen LogP contribution in [0.25, 0.3) is 0 Å². The van der Waals surface area contributed by atoms with Crippen molar-refractivity contribution in [3.63, 3.8) is 0 Å². The average molecular weight is 413 g/mol. The van der Waals surface area contributed by atoms with Gasteiger partial charge in [-0.2, -0.15) is 0 Å². The van der Waals surface area contributed by atoms with E-state index in [4.69, 9.17) is 11.6 Å². The van der Waals surface area contributed by atoms with Gasteiger partial charge < -0.3 is 5.32 Å². The van der Waals surface area contributed by atoms with E-state index in [-0.39, 0.29) is 16.8 Å². The maximum Gasteiger partial charge on any atom is 0.241 e. The van der Waals surface area contributed by atoms with Gasteiger partial charge in [-0.15, -0.1) is 0 Å². The number of nitrogens with one attached hydrogen (secondary N) is 1. The van der Waals surface area contributed by atoms with Crippen LogP contribution in [0.5, 0.6) is 0 Å². The molecule has 146 valence electrons. The lowest BCUT2D eigenvalue weighted by Crippen LogP contribution is -2.41. The van der Waals surface area contributed by atoms with Crippen LogP contribution in [0.3, 0.4) is 0 Å². The third-order valence-electron chi connectivity index (χ3n) is 4.16. The number of benzene rings is 2. The van der Waals surface area contributed by atoms with Crippen molar-refractivity contribution in [3.05, 3.63) is 63.9 Å². The molecule has 0 aliphatic heterocycles. The van der Waals surface area contributed by atoms with Gasteiger partial charge in [0.25, 0.3) is 0 Å². The second kappa shape index (κ2) is 8.27. The molecule has 0 heterocycles. The van der Waals surface area contributed by atoms with Gasteiger partial charge in [0.05, 0.1) is 23.0 Å². The van der Waals surface area contributed by atoms with Crippen LogP contribution >= 0.6 is 11.6 Å². The van der Waals surface area contributed by atoms with Crippen molar-refractivity contribution in [3.8, 4) is 0 Å². The summed E-state index contributed by atoms with van der Waals surface area (Å²) in [6.45, 7) is 5.30. The molecule has 0 saturated carbocycles. The highest BCUT2D eigenvalue weighted by Crippen LogP contribution is 2.24. The molecular weight excluding hydrogens is 391 g/mol. The molecule has 1 amide bonds. The quantitative estimate of drug-likeness (QED) is 0.785. The lowest BCUT2D eigenvalue weighted by atomic mass is 10.00. The summed E-state index contributed by atoms with van der Waals surface area (Å²) in [6.07, 6.45) is 0.978. The molecule has 0 saturated heterocycles. The highest BCUT2D eigenvalue weighted by atomic mass is 35.5. The first-order valence-electron chi connectivity index (χ1n) is 8.28. The number of carbonyl (C=O) groups excluding carboxylic acids is 1. The fourth-order valence-corrected chi connectivity index (χ4v) is 3.78. The average Bonchev–Trinajstić information content (AvgIpc) is 2.56. The van der Waals surface area contributed by atoms with Crippen LogP contribution in [0.1, 0.15) is 29.7 Å². The molecule has 1 atom stereocenters. The Morgan fingerprint density at radius 1 is 1.22 bits per heavy atom. The Labute approximate surface area is 164 Å². The Balaban J connectivity index is 2.21. The molecule has 0 aliphatic rings. The molecule has 2 aromatic rings. The fourth-order valence-electron chi connectivity index (χ4n) is 2.76. The molecule has 1 N–H and O–H groups in total. The van der Waals surface area contributed by atoms with Crippen LogP contribution in [0, 0.1) is 19.7 Å². The molecule has 5 nitrogen and oxygen atoms in total. The molecular formula is C19H22ClFN2O3S. The standard InChI is InChI=1S/C19H22ClFN2O3S/c1-12-5-6-13(2)16(9-12)14(3)22-19(24)11-23(27(4,25)26)15-7-8-18(21)17(20)10-15/h5-10,14H,11H2,1-4H3,(H,22,24)/t14-/m0/s1. The van der Waals surface area contributed by atoms with Crippen molar-refractivity contribution in [2.24, 2.45) is 0 Å². The number of rotatable bonds is 6. The van der Waals surface area contributed by atoms with Gasteiger partial charge >= 0.3 is 0 Å². The maximum absolute atomic E-state index is 13.4. The Hall–Kier alpha value is -2.12. The van der Waals surface area contributed by atoms with Crippen LogP contribution < -0.4 is 9.62 Å². The molecule has 0 bridgehead atoms. The lowest BCUT2D eigenvalue weighted by molar-refractivity contribution is -0.120. The number of carbonyl (C=O) groups is 1. The molecule has 0 aromatic heterocycles. The molecule has 2 rings (SSSR count). The van der Waals surface area contributed by atoms with Crippen molar-refractivity contribution < 1.29 is 17.6 Å². The minimum Gasteiger partial charge on any atom is -0.348 e. The maximum atomic E-state index is 13.4. The SMILES string of the molecule is Cc1ccc(C)c([C@H](C)NC(=O)CN(c2ccc(F)c(Cl)c2)S(C)(=O)=O)c1. The van der Waals surface area contributed by atoms with Crippen LogP contribution in [-0.4, -0.2) is 27.1 Å². The van der Waals surface area contributed by atoms with Gasteiger partial charge in [-0.25, -0.2) is 12.8 Å². The Morgan fingerprint density at radius 2 is 1.89 bits per heavy atom. The predicted molar refractivity (Wildman–Crippen MR) is 106 cm³/mol. The second-order valence-corrected chi connectivity index (χ2v) is 8.83. The minimum absolute atomic E-state index is 0.124. The van der Waals surface area contributed by atoms with Crippen LogP contribution in [0.2, 0.25) is 5.02 Å². The van der Waals surface area contributed by atoms with E-state index in [1.54, 1.807) is 0 Å². The van der Waals surface area contributed by atoms with E-state index < -0.39 is 28.3 Å². The first-order chi connectivity index (χ1) is 12.5. The van der Waals surface area contributed by atoms with Gasteiger partial charge in [-0.1, -0.05) is 35.4 Å². The summed E-state index contributed by atoms with van der Waals surface area (Å²) in [4.78, 5) is 12.5. The van der Waals surface area contributed by atoms with Crippen LogP contribution in [0.15, 0.2) is 36.4 Å². The molecule has 8 heteroatoms. The predicted octanol–water partition coefficient (Wildman–Crippen LogP) is 3.74. The topological polar surface area (TPSA) is 66.5 Å². The van der Waals surface area contributed by atoms with Crippen molar-refractivity contribution in [2.75, 3.05) is 17.1 Å². The summed E-state index contributed by atoms with van der Waals surface area (Å²) < 4.78 is 38.5. The number of nitrogens with zero attached hydrogens (tertiary/aromatic N) is 1. The van der Waals surface area contributed by atoms with Gasteiger partial charge in [0.15, 0.2) is 0 Å². The number of halogens is 2. The molecule has 0 aliphatic carbocycles. The van der Waals surface area contributed by atoms with Gasteiger partial charge in [0.2, 0.25) is 15.9 Å². The summed E-state index contributed by atoms with van der Waals surface area (Å²) >= 11 is 5.74. The van der Waals surface area contributed by atoms with E-state index in [9.17, 15) is 17.6 Å². The van der Waals surface area contributed by atoms with Gasteiger partial charge in [-0.3, -0.25) is 9.10 Å². The van der Waals surface area contributed by atoms with Crippen LogP contribution in [-0.2, 0) is 14.8 Å². The zero-order valence-electron chi connectivity index (χ0n) is 15.6. The monoisotopic (exact) mass is 412 g/mol. The number of amides is 1. The zero-order chi connectivity index (χ0) is 20.4. The normalized spacial score (nSPS) is 12.5.